The fraction of sp³-hybridized carbons (Fsp3) is 0.0909. The Hall–Kier alpha value is -3.65. The average Bonchev–Trinajstić information content (AvgIpc) is 3.29. The van der Waals surface area contributed by atoms with E-state index >= 15 is 0 Å². The highest BCUT2D eigenvalue weighted by Gasteiger charge is 2.09. The van der Waals surface area contributed by atoms with Crippen LogP contribution < -0.4 is 10.1 Å². The normalized spacial score (nSPS) is 10.6. The van der Waals surface area contributed by atoms with E-state index < -0.39 is 0 Å². The summed E-state index contributed by atoms with van der Waals surface area (Å²) in [6.07, 6.45) is 4.83. The number of aromatic amines is 1. The van der Waals surface area contributed by atoms with Crippen molar-refractivity contribution in [3.63, 3.8) is 0 Å². The lowest BCUT2D eigenvalue weighted by Crippen LogP contribution is -2.12. The maximum absolute atomic E-state index is 12.6. The van der Waals surface area contributed by atoms with E-state index in [0.29, 0.717) is 17.0 Å². The molecule has 0 fully saturated rings. The van der Waals surface area contributed by atoms with Crippen molar-refractivity contribution in [1.82, 2.24) is 20.2 Å². The molecule has 4 aromatic rings. The highest BCUT2D eigenvalue weighted by Crippen LogP contribution is 2.27. The van der Waals surface area contributed by atoms with Crippen molar-refractivity contribution in [2.45, 2.75) is 17.8 Å². The molecule has 2 heterocycles. The number of rotatable bonds is 7. The fourth-order valence-corrected chi connectivity index (χ4v) is 3.48. The molecule has 7 nitrogen and oxygen atoms in total. The molecule has 0 aliphatic rings. The Bertz CT molecular complexity index is 1120. The van der Waals surface area contributed by atoms with Gasteiger partial charge in [-0.3, -0.25) is 14.9 Å². The van der Waals surface area contributed by atoms with Crippen molar-refractivity contribution in [3.8, 4) is 11.5 Å². The lowest BCUT2D eigenvalue weighted by molar-refractivity contribution is 0.102. The molecule has 0 atom stereocenters. The number of aryl methyl sites for hydroxylation is 1. The van der Waals surface area contributed by atoms with Gasteiger partial charge in [0, 0.05) is 23.2 Å². The van der Waals surface area contributed by atoms with E-state index in [2.05, 4.69) is 25.5 Å². The minimum absolute atomic E-state index is 0.162. The number of aromatic nitrogens is 4. The zero-order valence-electron chi connectivity index (χ0n) is 16.2. The zero-order valence-corrected chi connectivity index (χ0v) is 17.0. The Morgan fingerprint density at radius 2 is 2.03 bits per heavy atom. The van der Waals surface area contributed by atoms with Gasteiger partial charge in [-0.15, -0.1) is 0 Å². The third kappa shape index (κ3) is 5.03. The number of carbonyl (C=O) groups is 1. The van der Waals surface area contributed by atoms with Crippen LogP contribution in [-0.2, 0) is 5.75 Å². The maximum atomic E-state index is 12.6. The summed E-state index contributed by atoms with van der Waals surface area (Å²) in [7, 11) is 0. The summed E-state index contributed by atoms with van der Waals surface area (Å²) in [4.78, 5) is 20.7. The zero-order chi connectivity index (χ0) is 20.8. The number of nitrogens with zero attached hydrogens (tertiary/aromatic N) is 3. The minimum atomic E-state index is -0.162. The van der Waals surface area contributed by atoms with Crippen molar-refractivity contribution < 1.29 is 9.53 Å². The SMILES string of the molecule is Cc1cc(NC(=O)c2ccc(CSc3ncn[nH]3)cc2)ccc1Oc1cccnc1. The Balaban J connectivity index is 1.36. The van der Waals surface area contributed by atoms with Crippen LogP contribution in [0.15, 0.2) is 78.5 Å². The van der Waals surface area contributed by atoms with Crippen molar-refractivity contribution in [3.05, 3.63) is 90.0 Å². The number of pyridine rings is 1. The van der Waals surface area contributed by atoms with Gasteiger partial charge in [0.15, 0.2) is 5.16 Å². The molecule has 0 radical (unpaired) electrons. The maximum Gasteiger partial charge on any atom is 0.255 e. The van der Waals surface area contributed by atoms with Gasteiger partial charge in [0.25, 0.3) is 5.91 Å². The second-order valence-corrected chi connectivity index (χ2v) is 7.47. The summed E-state index contributed by atoms with van der Waals surface area (Å²) in [6.45, 7) is 1.93. The van der Waals surface area contributed by atoms with E-state index in [4.69, 9.17) is 4.74 Å². The first kappa shape index (κ1) is 19.7. The van der Waals surface area contributed by atoms with Crippen LogP contribution in [0, 0.1) is 6.92 Å². The molecule has 2 aromatic carbocycles. The number of nitrogens with one attached hydrogen (secondary N) is 2. The van der Waals surface area contributed by atoms with Crippen LogP contribution in [0.1, 0.15) is 21.5 Å². The predicted molar refractivity (Wildman–Crippen MR) is 116 cm³/mol. The molecule has 4 rings (SSSR count). The number of ether oxygens (including phenoxy) is 1. The van der Waals surface area contributed by atoms with E-state index in [1.807, 2.05) is 61.5 Å². The van der Waals surface area contributed by atoms with Crippen LogP contribution in [-0.4, -0.2) is 26.1 Å². The third-order valence-electron chi connectivity index (χ3n) is 4.28. The third-order valence-corrected chi connectivity index (χ3v) is 5.23. The average molecular weight is 417 g/mol. The molecule has 8 heteroatoms. The van der Waals surface area contributed by atoms with E-state index in [-0.39, 0.29) is 5.91 Å². The van der Waals surface area contributed by atoms with Crippen LogP contribution >= 0.6 is 11.8 Å². The van der Waals surface area contributed by atoms with Crippen LogP contribution in [0.4, 0.5) is 5.69 Å². The molecule has 0 spiro atoms. The number of thioether (sulfide) groups is 1. The molecule has 150 valence electrons. The summed E-state index contributed by atoms with van der Waals surface area (Å²) in [5.41, 5.74) is 3.31. The quantitative estimate of drug-likeness (QED) is 0.418. The van der Waals surface area contributed by atoms with Gasteiger partial charge < -0.3 is 10.1 Å². The first-order valence-electron chi connectivity index (χ1n) is 9.24. The molecular formula is C22H19N5O2S. The predicted octanol–water partition coefficient (Wildman–Crippen LogP) is 4.85. The molecule has 30 heavy (non-hydrogen) atoms. The molecule has 2 aromatic heterocycles. The van der Waals surface area contributed by atoms with Gasteiger partial charge in [-0.05, 0) is 60.5 Å². The van der Waals surface area contributed by atoms with E-state index in [9.17, 15) is 4.79 Å². The van der Waals surface area contributed by atoms with Crippen molar-refractivity contribution in [2.75, 3.05) is 5.32 Å². The number of hydrogen-bond donors (Lipinski definition) is 2. The van der Waals surface area contributed by atoms with Crippen LogP contribution in [0.25, 0.3) is 0 Å². The minimum Gasteiger partial charge on any atom is -0.455 e. The van der Waals surface area contributed by atoms with Crippen LogP contribution in [0.2, 0.25) is 0 Å². The number of anilines is 1. The number of hydrogen-bond acceptors (Lipinski definition) is 6. The van der Waals surface area contributed by atoms with Gasteiger partial charge in [0.2, 0.25) is 0 Å². The van der Waals surface area contributed by atoms with Gasteiger partial charge in [-0.2, -0.15) is 5.10 Å². The van der Waals surface area contributed by atoms with Gasteiger partial charge >= 0.3 is 0 Å². The molecule has 0 saturated heterocycles. The first-order chi connectivity index (χ1) is 14.7. The number of amides is 1. The summed E-state index contributed by atoms with van der Waals surface area (Å²) < 4.78 is 5.83. The van der Waals surface area contributed by atoms with Gasteiger partial charge in [0.1, 0.15) is 17.8 Å². The number of benzene rings is 2. The molecule has 0 unspecified atom stereocenters. The summed E-state index contributed by atoms with van der Waals surface area (Å²) in [5, 5.41) is 10.3. The van der Waals surface area contributed by atoms with E-state index in [1.54, 1.807) is 24.2 Å². The summed E-state index contributed by atoms with van der Waals surface area (Å²) >= 11 is 1.55. The lowest BCUT2D eigenvalue weighted by Gasteiger charge is -2.11. The van der Waals surface area contributed by atoms with Crippen molar-refractivity contribution in [1.29, 1.82) is 0 Å². The van der Waals surface area contributed by atoms with Crippen LogP contribution in [0.5, 0.6) is 11.5 Å². The smallest absolute Gasteiger partial charge is 0.255 e. The highest BCUT2D eigenvalue weighted by atomic mass is 32.2. The van der Waals surface area contributed by atoms with E-state index in [1.165, 1.54) is 6.33 Å². The van der Waals surface area contributed by atoms with Gasteiger partial charge in [0.05, 0.1) is 6.20 Å². The molecule has 1 amide bonds. The molecule has 0 bridgehead atoms. The van der Waals surface area contributed by atoms with Gasteiger partial charge in [-0.1, -0.05) is 23.9 Å². The second kappa shape index (κ2) is 9.23. The lowest BCUT2D eigenvalue weighted by atomic mass is 10.1. The fourth-order valence-electron chi connectivity index (χ4n) is 2.75. The summed E-state index contributed by atoms with van der Waals surface area (Å²) in [6, 6.07) is 16.7. The first-order valence-corrected chi connectivity index (χ1v) is 10.2. The van der Waals surface area contributed by atoms with E-state index in [0.717, 1.165) is 27.8 Å². The van der Waals surface area contributed by atoms with Crippen LogP contribution in [0.3, 0.4) is 0 Å². The Labute approximate surface area is 177 Å². The largest absolute Gasteiger partial charge is 0.455 e. The standard InChI is InChI=1S/C22H19N5O2S/c1-15-11-18(8-9-20(15)29-19-3-2-10-23-12-19)26-21(28)17-6-4-16(5-7-17)13-30-22-24-14-25-27-22/h2-12,14H,13H2,1H3,(H,26,28)(H,24,25,27). The molecular weight excluding hydrogens is 398 g/mol. The Morgan fingerprint density at radius 1 is 1.17 bits per heavy atom. The topological polar surface area (TPSA) is 92.8 Å². The monoisotopic (exact) mass is 417 g/mol. The van der Waals surface area contributed by atoms with Crippen molar-refractivity contribution in [2.24, 2.45) is 0 Å². The molecule has 2 N–H and O–H groups in total. The van der Waals surface area contributed by atoms with Crippen molar-refractivity contribution >= 4 is 23.4 Å². The van der Waals surface area contributed by atoms with Gasteiger partial charge in [-0.25, -0.2) is 4.98 Å². The summed E-state index contributed by atoms with van der Waals surface area (Å²) in [5.74, 6) is 1.97. The molecule has 0 aliphatic heterocycles. The Kier molecular flexibility index (Phi) is 6.05. The molecule has 0 aliphatic carbocycles. The highest BCUT2D eigenvalue weighted by molar-refractivity contribution is 7.98. The Morgan fingerprint density at radius 3 is 2.73 bits per heavy atom. The number of H-pyrrole nitrogens is 1. The number of carbonyl (C=O) groups excluding carboxylic acids is 1. The second-order valence-electron chi connectivity index (χ2n) is 6.50. The molecule has 0 saturated carbocycles.